The summed E-state index contributed by atoms with van der Waals surface area (Å²) in [7, 11) is 1.86. The average molecular weight is 428 g/mol. The van der Waals surface area contributed by atoms with E-state index in [-0.39, 0.29) is 24.0 Å². The molecular weight excluding hydrogens is 399 g/mol. The number of pyridine rings is 1. The number of nitrogens with one attached hydrogen (secondary N) is 2. The lowest BCUT2D eigenvalue weighted by molar-refractivity contribution is 0.315. The van der Waals surface area contributed by atoms with Gasteiger partial charge in [0.25, 0.3) is 0 Å². The normalized spacial score (nSPS) is 24.7. The topological polar surface area (TPSA) is 49.3 Å². The van der Waals surface area contributed by atoms with Crippen LogP contribution in [0.3, 0.4) is 0 Å². The van der Waals surface area contributed by atoms with Crippen molar-refractivity contribution in [3.8, 4) is 0 Å². The van der Waals surface area contributed by atoms with Gasteiger partial charge in [-0.05, 0) is 30.4 Å². The zero-order valence-electron chi connectivity index (χ0n) is 14.0. The lowest BCUT2D eigenvalue weighted by Gasteiger charge is -2.22. The monoisotopic (exact) mass is 428 g/mol. The van der Waals surface area contributed by atoms with Crippen molar-refractivity contribution >= 4 is 29.9 Å². The summed E-state index contributed by atoms with van der Waals surface area (Å²) in [6, 6.07) is 6.70. The molecule has 0 bridgehead atoms. The van der Waals surface area contributed by atoms with E-state index in [0.717, 1.165) is 36.5 Å². The van der Waals surface area contributed by atoms with E-state index in [2.05, 4.69) is 26.7 Å². The molecule has 0 spiro atoms. The van der Waals surface area contributed by atoms with Gasteiger partial charge in [0, 0.05) is 37.9 Å². The molecule has 2 aliphatic carbocycles. The molecule has 0 radical (unpaired) electrons. The van der Waals surface area contributed by atoms with Crippen LogP contribution in [0.15, 0.2) is 29.4 Å². The maximum atomic E-state index is 4.35. The summed E-state index contributed by atoms with van der Waals surface area (Å²) in [4.78, 5) is 8.70. The molecule has 3 rings (SSSR count). The number of hydrogen-bond donors (Lipinski definition) is 2. The molecule has 2 N–H and O–H groups in total. The molecule has 2 saturated carbocycles. The minimum absolute atomic E-state index is 0. The second-order valence-electron chi connectivity index (χ2n) is 6.62. The van der Waals surface area contributed by atoms with E-state index in [1.807, 2.05) is 25.4 Å². The van der Waals surface area contributed by atoms with Crippen LogP contribution in [-0.4, -0.2) is 30.6 Å². The Morgan fingerprint density at radius 2 is 2.09 bits per heavy atom. The molecule has 1 aromatic rings. The molecule has 0 amide bonds. The predicted molar refractivity (Wildman–Crippen MR) is 106 cm³/mol. The number of halogens is 1. The zero-order chi connectivity index (χ0) is 15.2. The summed E-state index contributed by atoms with van der Waals surface area (Å²) in [5.41, 5.74) is 1.12. The Bertz CT molecular complexity index is 485. The number of hydrogen-bond acceptors (Lipinski definition) is 2. The lowest BCUT2D eigenvalue weighted by Crippen LogP contribution is -2.40. The van der Waals surface area contributed by atoms with Crippen molar-refractivity contribution in [2.75, 3.05) is 13.6 Å². The Morgan fingerprint density at radius 1 is 1.26 bits per heavy atom. The molecular formula is C18H29IN4. The molecule has 2 atom stereocenters. The molecule has 2 unspecified atom stereocenters. The van der Waals surface area contributed by atoms with Crippen molar-refractivity contribution in [2.24, 2.45) is 16.8 Å². The van der Waals surface area contributed by atoms with Crippen LogP contribution in [0.2, 0.25) is 0 Å². The first-order valence-corrected chi connectivity index (χ1v) is 8.74. The fourth-order valence-electron chi connectivity index (χ4n) is 3.69. The van der Waals surface area contributed by atoms with Crippen LogP contribution < -0.4 is 10.6 Å². The fraction of sp³-hybridized carbons (Fsp3) is 0.667. The number of nitrogens with zero attached hydrogens (tertiary/aromatic N) is 2. The molecule has 0 aromatic carbocycles. The standard InChI is InChI=1S/C18H28N4.HI/c1-19-18(21-12-10-15-9-5-6-11-20-15)22-17-13-16(17)14-7-3-2-4-8-14;/h5-6,9,11,14,16-17H,2-4,7-8,10,12-13H2,1H3,(H2,19,21,22);1H. The molecule has 2 aliphatic rings. The summed E-state index contributed by atoms with van der Waals surface area (Å²) >= 11 is 0. The van der Waals surface area contributed by atoms with Crippen LogP contribution >= 0.6 is 24.0 Å². The van der Waals surface area contributed by atoms with Gasteiger partial charge in [0.15, 0.2) is 5.96 Å². The molecule has 1 heterocycles. The van der Waals surface area contributed by atoms with Crippen LogP contribution in [0.4, 0.5) is 0 Å². The minimum atomic E-state index is 0. The highest BCUT2D eigenvalue weighted by Gasteiger charge is 2.43. The lowest BCUT2D eigenvalue weighted by atomic mass is 9.85. The third-order valence-electron chi connectivity index (χ3n) is 5.04. The largest absolute Gasteiger partial charge is 0.356 e. The Morgan fingerprint density at radius 3 is 2.78 bits per heavy atom. The second-order valence-corrected chi connectivity index (χ2v) is 6.62. The predicted octanol–water partition coefficient (Wildman–Crippen LogP) is 3.38. The average Bonchev–Trinajstić information content (AvgIpc) is 3.35. The molecule has 0 saturated heterocycles. The quantitative estimate of drug-likeness (QED) is 0.430. The van der Waals surface area contributed by atoms with Crippen LogP contribution in [-0.2, 0) is 6.42 Å². The zero-order valence-corrected chi connectivity index (χ0v) is 16.3. The minimum Gasteiger partial charge on any atom is -0.356 e. The third kappa shape index (κ3) is 5.62. The fourth-order valence-corrected chi connectivity index (χ4v) is 3.69. The smallest absolute Gasteiger partial charge is 0.191 e. The van der Waals surface area contributed by atoms with Gasteiger partial charge in [-0.15, -0.1) is 24.0 Å². The number of aromatic nitrogens is 1. The SMILES string of the molecule is CN=C(NCCc1ccccn1)NC1CC1C1CCCCC1.I. The molecule has 2 fully saturated rings. The van der Waals surface area contributed by atoms with Crippen LogP contribution in [0.5, 0.6) is 0 Å². The Kier molecular flexibility index (Phi) is 7.59. The van der Waals surface area contributed by atoms with Crippen molar-refractivity contribution in [3.05, 3.63) is 30.1 Å². The van der Waals surface area contributed by atoms with E-state index in [9.17, 15) is 0 Å². The molecule has 1 aromatic heterocycles. The van der Waals surface area contributed by atoms with Crippen molar-refractivity contribution in [1.29, 1.82) is 0 Å². The Hall–Kier alpha value is -0.850. The van der Waals surface area contributed by atoms with Gasteiger partial charge in [0.1, 0.15) is 0 Å². The van der Waals surface area contributed by atoms with Crippen LogP contribution in [0.25, 0.3) is 0 Å². The van der Waals surface area contributed by atoms with Crippen molar-refractivity contribution in [1.82, 2.24) is 15.6 Å². The van der Waals surface area contributed by atoms with E-state index in [1.165, 1.54) is 38.5 Å². The summed E-state index contributed by atoms with van der Waals surface area (Å²) < 4.78 is 0. The van der Waals surface area contributed by atoms with Gasteiger partial charge in [-0.25, -0.2) is 0 Å². The van der Waals surface area contributed by atoms with Gasteiger partial charge < -0.3 is 10.6 Å². The molecule has 0 aliphatic heterocycles. The van der Waals surface area contributed by atoms with Gasteiger partial charge in [-0.2, -0.15) is 0 Å². The maximum Gasteiger partial charge on any atom is 0.191 e. The highest BCUT2D eigenvalue weighted by Crippen LogP contribution is 2.44. The van der Waals surface area contributed by atoms with Gasteiger partial charge in [0.05, 0.1) is 0 Å². The first kappa shape index (κ1) is 18.5. The highest BCUT2D eigenvalue weighted by molar-refractivity contribution is 14.0. The number of rotatable bonds is 5. The second kappa shape index (κ2) is 9.45. The molecule has 23 heavy (non-hydrogen) atoms. The highest BCUT2D eigenvalue weighted by atomic mass is 127. The van der Waals surface area contributed by atoms with Crippen LogP contribution in [0, 0.1) is 11.8 Å². The first-order valence-electron chi connectivity index (χ1n) is 8.74. The Balaban J connectivity index is 0.00000192. The van der Waals surface area contributed by atoms with Gasteiger partial charge in [0.2, 0.25) is 0 Å². The number of aliphatic imine (C=N–C) groups is 1. The first-order chi connectivity index (χ1) is 10.9. The molecule has 4 nitrogen and oxygen atoms in total. The summed E-state index contributed by atoms with van der Waals surface area (Å²) in [5, 5.41) is 7.00. The van der Waals surface area contributed by atoms with Gasteiger partial charge in [-0.1, -0.05) is 38.2 Å². The van der Waals surface area contributed by atoms with Gasteiger partial charge in [-0.3, -0.25) is 9.98 Å². The van der Waals surface area contributed by atoms with E-state index in [4.69, 9.17) is 0 Å². The van der Waals surface area contributed by atoms with Gasteiger partial charge >= 0.3 is 0 Å². The van der Waals surface area contributed by atoms with E-state index < -0.39 is 0 Å². The van der Waals surface area contributed by atoms with Crippen LogP contribution in [0.1, 0.15) is 44.2 Å². The van der Waals surface area contributed by atoms with E-state index in [1.54, 1.807) is 0 Å². The van der Waals surface area contributed by atoms with Crippen molar-refractivity contribution in [2.45, 2.75) is 51.0 Å². The maximum absolute atomic E-state index is 4.35. The summed E-state index contributed by atoms with van der Waals surface area (Å²) in [6.45, 7) is 0.873. The summed E-state index contributed by atoms with van der Waals surface area (Å²) in [5.74, 6) is 2.78. The van der Waals surface area contributed by atoms with E-state index in [0.29, 0.717) is 6.04 Å². The summed E-state index contributed by atoms with van der Waals surface area (Å²) in [6.07, 6.45) is 11.3. The Labute approximate surface area is 157 Å². The molecule has 5 heteroatoms. The third-order valence-corrected chi connectivity index (χ3v) is 5.04. The number of guanidine groups is 1. The van der Waals surface area contributed by atoms with Crippen molar-refractivity contribution < 1.29 is 0 Å². The van der Waals surface area contributed by atoms with E-state index >= 15 is 0 Å². The van der Waals surface area contributed by atoms with Crippen molar-refractivity contribution in [3.63, 3.8) is 0 Å². The molecule has 128 valence electrons.